The number of carbonyl (C=O) groups excluding carboxylic acids is 1. The van der Waals surface area contributed by atoms with Gasteiger partial charge in [0, 0.05) is 11.6 Å². The Labute approximate surface area is 115 Å². The van der Waals surface area contributed by atoms with Crippen LogP contribution in [0.15, 0.2) is 36.4 Å². The Hall–Kier alpha value is -2.50. The van der Waals surface area contributed by atoms with Gasteiger partial charge in [0.2, 0.25) is 0 Å². The average Bonchev–Trinajstić information content (AvgIpc) is 3.26. The van der Waals surface area contributed by atoms with Crippen molar-refractivity contribution in [2.45, 2.75) is 18.9 Å². The quantitative estimate of drug-likeness (QED) is 0.897. The van der Waals surface area contributed by atoms with Crippen LogP contribution >= 0.6 is 0 Å². The summed E-state index contributed by atoms with van der Waals surface area (Å²) in [6.07, 6.45) is 2.31. The molecule has 20 heavy (non-hydrogen) atoms. The fourth-order valence-electron chi connectivity index (χ4n) is 1.70. The standard InChI is InChI=1S/C14H13FN4O/c15-10-3-1-9(2-4-10)14(20)17-13-8-7-12(18-19-13)16-11-5-6-11/h1-4,7-8,11H,5-6H2,(H,16,18)(H,17,19,20). The van der Waals surface area contributed by atoms with Crippen molar-refractivity contribution in [2.24, 2.45) is 0 Å². The number of hydrogen-bond donors (Lipinski definition) is 2. The van der Waals surface area contributed by atoms with Gasteiger partial charge in [0.15, 0.2) is 5.82 Å². The number of halogens is 1. The topological polar surface area (TPSA) is 66.9 Å². The van der Waals surface area contributed by atoms with E-state index in [0.717, 1.165) is 12.8 Å². The zero-order valence-corrected chi connectivity index (χ0v) is 10.6. The molecule has 0 bridgehead atoms. The smallest absolute Gasteiger partial charge is 0.256 e. The third-order valence-electron chi connectivity index (χ3n) is 2.94. The molecule has 6 heteroatoms. The summed E-state index contributed by atoms with van der Waals surface area (Å²) in [6.45, 7) is 0. The molecule has 1 amide bonds. The van der Waals surface area contributed by atoms with E-state index in [1.807, 2.05) is 0 Å². The molecule has 1 fully saturated rings. The highest BCUT2D eigenvalue weighted by Crippen LogP contribution is 2.23. The van der Waals surface area contributed by atoms with E-state index in [1.54, 1.807) is 12.1 Å². The van der Waals surface area contributed by atoms with Crippen LogP contribution in [-0.4, -0.2) is 22.1 Å². The van der Waals surface area contributed by atoms with Crippen LogP contribution in [0.4, 0.5) is 16.0 Å². The number of anilines is 2. The molecule has 0 aliphatic heterocycles. The van der Waals surface area contributed by atoms with Crippen LogP contribution in [0.3, 0.4) is 0 Å². The summed E-state index contributed by atoms with van der Waals surface area (Å²) in [7, 11) is 0. The van der Waals surface area contributed by atoms with Gasteiger partial charge in [-0.15, -0.1) is 10.2 Å². The third-order valence-corrected chi connectivity index (χ3v) is 2.94. The van der Waals surface area contributed by atoms with Crippen molar-refractivity contribution in [1.82, 2.24) is 10.2 Å². The summed E-state index contributed by atoms with van der Waals surface area (Å²) >= 11 is 0. The van der Waals surface area contributed by atoms with Gasteiger partial charge >= 0.3 is 0 Å². The predicted molar refractivity (Wildman–Crippen MR) is 73.0 cm³/mol. The molecule has 1 aliphatic rings. The molecule has 1 aromatic carbocycles. The Bertz CT molecular complexity index is 608. The first kappa shape index (κ1) is 12.5. The van der Waals surface area contributed by atoms with Crippen LogP contribution in [0.25, 0.3) is 0 Å². The van der Waals surface area contributed by atoms with Crippen molar-refractivity contribution in [1.29, 1.82) is 0 Å². The van der Waals surface area contributed by atoms with E-state index < -0.39 is 0 Å². The van der Waals surface area contributed by atoms with Gasteiger partial charge in [-0.05, 0) is 49.2 Å². The zero-order chi connectivity index (χ0) is 13.9. The second-order valence-corrected chi connectivity index (χ2v) is 4.68. The fourth-order valence-corrected chi connectivity index (χ4v) is 1.70. The van der Waals surface area contributed by atoms with Crippen molar-refractivity contribution in [3.05, 3.63) is 47.8 Å². The van der Waals surface area contributed by atoms with Crippen molar-refractivity contribution in [3.63, 3.8) is 0 Å². The molecule has 1 saturated carbocycles. The van der Waals surface area contributed by atoms with Crippen LogP contribution in [-0.2, 0) is 0 Å². The summed E-state index contributed by atoms with van der Waals surface area (Å²) < 4.78 is 12.8. The molecule has 102 valence electrons. The van der Waals surface area contributed by atoms with E-state index in [9.17, 15) is 9.18 Å². The lowest BCUT2D eigenvalue weighted by Crippen LogP contribution is -2.14. The third kappa shape index (κ3) is 3.09. The van der Waals surface area contributed by atoms with Crippen LogP contribution in [0.2, 0.25) is 0 Å². The Morgan fingerprint density at radius 3 is 2.30 bits per heavy atom. The lowest BCUT2D eigenvalue weighted by atomic mass is 10.2. The van der Waals surface area contributed by atoms with Gasteiger partial charge < -0.3 is 10.6 Å². The van der Waals surface area contributed by atoms with E-state index in [0.29, 0.717) is 23.2 Å². The Morgan fingerprint density at radius 1 is 1.05 bits per heavy atom. The number of rotatable bonds is 4. The molecule has 3 rings (SSSR count). The molecule has 2 N–H and O–H groups in total. The molecule has 0 saturated heterocycles. The number of hydrogen-bond acceptors (Lipinski definition) is 4. The van der Waals surface area contributed by atoms with Gasteiger partial charge in [-0.2, -0.15) is 0 Å². The molecule has 0 spiro atoms. The van der Waals surface area contributed by atoms with Gasteiger partial charge in [-0.25, -0.2) is 4.39 Å². The summed E-state index contributed by atoms with van der Waals surface area (Å²) in [5, 5.41) is 13.7. The summed E-state index contributed by atoms with van der Waals surface area (Å²) in [5.74, 6) is 0.340. The molecule has 0 radical (unpaired) electrons. The molecular formula is C14H13FN4O. The fraction of sp³-hybridized carbons (Fsp3) is 0.214. The molecular weight excluding hydrogens is 259 g/mol. The lowest BCUT2D eigenvalue weighted by molar-refractivity contribution is 0.102. The largest absolute Gasteiger partial charge is 0.366 e. The van der Waals surface area contributed by atoms with Gasteiger partial charge in [-0.1, -0.05) is 0 Å². The first-order valence-electron chi connectivity index (χ1n) is 6.38. The van der Waals surface area contributed by atoms with Crippen molar-refractivity contribution in [3.8, 4) is 0 Å². The number of nitrogens with one attached hydrogen (secondary N) is 2. The number of aromatic nitrogens is 2. The summed E-state index contributed by atoms with van der Waals surface area (Å²) in [4.78, 5) is 11.9. The molecule has 5 nitrogen and oxygen atoms in total. The van der Waals surface area contributed by atoms with Crippen LogP contribution in [0.1, 0.15) is 23.2 Å². The molecule has 0 unspecified atom stereocenters. The lowest BCUT2D eigenvalue weighted by Gasteiger charge is -2.05. The maximum atomic E-state index is 12.8. The van der Waals surface area contributed by atoms with Crippen LogP contribution in [0.5, 0.6) is 0 Å². The van der Waals surface area contributed by atoms with Gasteiger partial charge in [-0.3, -0.25) is 4.79 Å². The van der Waals surface area contributed by atoms with E-state index in [-0.39, 0.29) is 11.7 Å². The highest BCUT2D eigenvalue weighted by Gasteiger charge is 2.21. The van der Waals surface area contributed by atoms with Crippen molar-refractivity contribution < 1.29 is 9.18 Å². The van der Waals surface area contributed by atoms with E-state index in [1.165, 1.54) is 24.3 Å². The van der Waals surface area contributed by atoms with E-state index in [4.69, 9.17) is 0 Å². The molecule has 2 aromatic rings. The predicted octanol–water partition coefficient (Wildman–Crippen LogP) is 2.44. The monoisotopic (exact) mass is 272 g/mol. The Kier molecular flexibility index (Phi) is 3.28. The molecule has 1 heterocycles. The first-order chi connectivity index (χ1) is 9.70. The zero-order valence-electron chi connectivity index (χ0n) is 10.6. The Morgan fingerprint density at radius 2 is 1.70 bits per heavy atom. The van der Waals surface area contributed by atoms with Crippen molar-refractivity contribution >= 4 is 17.5 Å². The highest BCUT2D eigenvalue weighted by molar-refractivity contribution is 6.03. The summed E-state index contributed by atoms with van der Waals surface area (Å²) in [5.41, 5.74) is 0.369. The van der Waals surface area contributed by atoms with E-state index >= 15 is 0 Å². The van der Waals surface area contributed by atoms with E-state index in [2.05, 4.69) is 20.8 Å². The summed E-state index contributed by atoms with van der Waals surface area (Å²) in [6, 6.07) is 9.27. The highest BCUT2D eigenvalue weighted by atomic mass is 19.1. The minimum absolute atomic E-state index is 0.345. The van der Waals surface area contributed by atoms with Crippen LogP contribution < -0.4 is 10.6 Å². The number of nitrogens with zero attached hydrogens (tertiary/aromatic N) is 2. The van der Waals surface area contributed by atoms with Gasteiger partial charge in [0.1, 0.15) is 11.6 Å². The minimum Gasteiger partial charge on any atom is -0.366 e. The second kappa shape index (κ2) is 5.24. The molecule has 1 aromatic heterocycles. The number of benzene rings is 1. The first-order valence-corrected chi connectivity index (χ1v) is 6.38. The van der Waals surface area contributed by atoms with Crippen molar-refractivity contribution in [2.75, 3.05) is 10.6 Å². The number of carbonyl (C=O) groups is 1. The number of amides is 1. The maximum Gasteiger partial charge on any atom is 0.256 e. The SMILES string of the molecule is O=C(Nc1ccc(NC2CC2)nn1)c1ccc(F)cc1. The average molecular weight is 272 g/mol. The molecule has 0 atom stereocenters. The molecule has 1 aliphatic carbocycles. The maximum absolute atomic E-state index is 12.8. The van der Waals surface area contributed by atoms with Gasteiger partial charge in [0.25, 0.3) is 5.91 Å². The second-order valence-electron chi connectivity index (χ2n) is 4.68. The minimum atomic E-state index is -0.378. The normalized spacial score (nSPS) is 13.8. The van der Waals surface area contributed by atoms with Crippen LogP contribution in [0, 0.1) is 5.82 Å². The van der Waals surface area contributed by atoms with Gasteiger partial charge in [0.05, 0.1) is 0 Å². The Balaban J connectivity index is 1.64.